The second kappa shape index (κ2) is 7.29. The van der Waals surface area contributed by atoms with E-state index in [0.29, 0.717) is 22.8 Å². The van der Waals surface area contributed by atoms with E-state index in [1.54, 1.807) is 42.1 Å². The first-order valence-electron chi connectivity index (χ1n) is 8.10. The Morgan fingerprint density at radius 2 is 1.81 bits per heavy atom. The molecule has 0 atom stereocenters. The molecule has 0 aliphatic rings. The highest BCUT2D eigenvalue weighted by molar-refractivity contribution is 7.89. The number of rotatable bonds is 5. The number of carbonyl (C=O) groups excluding carboxylic acids is 1. The first-order chi connectivity index (χ1) is 12.8. The average molecular weight is 385 g/mol. The van der Waals surface area contributed by atoms with Gasteiger partial charge in [-0.1, -0.05) is 6.07 Å². The van der Waals surface area contributed by atoms with Crippen molar-refractivity contribution in [1.82, 2.24) is 19.1 Å². The van der Waals surface area contributed by atoms with E-state index in [4.69, 9.17) is 0 Å². The number of amides is 1. The summed E-state index contributed by atoms with van der Waals surface area (Å²) in [7, 11) is -0.577. The molecule has 0 fully saturated rings. The fourth-order valence-corrected chi connectivity index (χ4v) is 3.36. The van der Waals surface area contributed by atoms with E-state index in [0.717, 1.165) is 4.31 Å². The van der Waals surface area contributed by atoms with Gasteiger partial charge in [0.15, 0.2) is 5.82 Å². The maximum atomic E-state index is 12.6. The molecular formula is C18H19N5O3S. The first-order valence-corrected chi connectivity index (χ1v) is 9.54. The lowest BCUT2D eigenvalue weighted by Gasteiger charge is -2.12. The topological polar surface area (TPSA) is 97.2 Å². The number of hydrogen-bond acceptors (Lipinski definition) is 5. The van der Waals surface area contributed by atoms with Crippen LogP contribution < -0.4 is 5.32 Å². The van der Waals surface area contributed by atoms with E-state index in [2.05, 4.69) is 15.4 Å². The van der Waals surface area contributed by atoms with Crippen molar-refractivity contribution in [3.63, 3.8) is 0 Å². The van der Waals surface area contributed by atoms with Crippen molar-refractivity contribution in [2.75, 3.05) is 19.4 Å². The molecule has 1 N–H and O–H groups in total. The van der Waals surface area contributed by atoms with E-state index in [9.17, 15) is 13.2 Å². The van der Waals surface area contributed by atoms with Gasteiger partial charge in [0.2, 0.25) is 10.0 Å². The van der Waals surface area contributed by atoms with Crippen LogP contribution >= 0.6 is 0 Å². The maximum Gasteiger partial charge on any atom is 0.259 e. The first kappa shape index (κ1) is 18.7. The van der Waals surface area contributed by atoms with Gasteiger partial charge in [0, 0.05) is 26.0 Å². The molecule has 140 valence electrons. The lowest BCUT2D eigenvalue weighted by molar-refractivity contribution is 0.102. The van der Waals surface area contributed by atoms with E-state index >= 15 is 0 Å². The number of nitrogens with zero attached hydrogens (tertiary/aromatic N) is 4. The van der Waals surface area contributed by atoms with Gasteiger partial charge >= 0.3 is 0 Å². The van der Waals surface area contributed by atoms with Gasteiger partial charge in [-0.2, -0.15) is 5.10 Å². The zero-order valence-corrected chi connectivity index (χ0v) is 15.9. The molecule has 0 radical (unpaired) electrons. The Bertz CT molecular complexity index is 1060. The van der Waals surface area contributed by atoms with Gasteiger partial charge < -0.3 is 5.32 Å². The van der Waals surface area contributed by atoms with Gasteiger partial charge in [-0.15, -0.1) is 0 Å². The summed E-state index contributed by atoms with van der Waals surface area (Å²) in [4.78, 5) is 16.9. The summed E-state index contributed by atoms with van der Waals surface area (Å²) in [6.45, 7) is 1.78. The largest absolute Gasteiger partial charge is 0.322 e. The number of pyridine rings is 1. The molecule has 0 unspecified atom stereocenters. The fourth-order valence-electron chi connectivity index (χ4n) is 2.46. The molecule has 3 aromatic rings. The normalized spacial score (nSPS) is 11.6. The minimum Gasteiger partial charge on any atom is -0.322 e. The van der Waals surface area contributed by atoms with E-state index in [-0.39, 0.29) is 10.8 Å². The molecule has 27 heavy (non-hydrogen) atoms. The second-order valence-electron chi connectivity index (χ2n) is 6.01. The SMILES string of the molecule is Cc1c(C(=O)Nc2ccc(S(=O)(=O)N(C)C)cc2)cnn1-c1ccccn1. The summed E-state index contributed by atoms with van der Waals surface area (Å²) in [5.74, 6) is 0.283. The number of benzene rings is 1. The molecule has 0 aliphatic carbocycles. The summed E-state index contributed by atoms with van der Waals surface area (Å²) in [5.41, 5.74) is 1.55. The van der Waals surface area contributed by atoms with Crippen LogP contribution in [0.5, 0.6) is 0 Å². The third kappa shape index (κ3) is 3.74. The molecule has 9 heteroatoms. The highest BCUT2D eigenvalue weighted by atomic mass is 32.2. The van der Waals surface area contributed by atoms with Gasteiger partial charge in [-0.05, 0) is 43.3 Å². The van der Waals surface area contributed by atoms with Crippen LogP contribution in [0.1, 0.15) is 16.1 Å². The summed E-state index contributed by atoms with van der Waals surface area (Å²) >= 11 is 0. The number of carbonyl (C=O) groups is 1. The number of hydrogen-bond donors (Lipinski definition) is 1. The monoisotopic (exact) mass is 385 g/mol. The molecule has 2 aromatic heterocycles. The van der Waals surface area contributed by atoms with Crippen LogP contribution in [-0.2, 0) is 10.0 Å². The van der Waals surface area contributed by atoms with Gasteiger partial charge in [-0.25, -0.2) is 22.4 Å². The van der Waals surface area contributed by atoms with Gasteiger partial charge in [-0.3, -0.25) is 4.79 Å². The molecule has 1 amide bonds. The molecule has 0 saturated heterocycles. The zero-order valence-electron chi connectivity index (χ0n) is 15.1. The highest BCUT2D eigenvalue weighted by Gasteiger charge is 2.18. The van der Waals surface area contributed by atoms with Crippen LogP contribution in [0.2, 0.25) is 0 Å². The van der Waals surface area contributed by atoms with Crippen molar-refractivity contribution >= 4 is 21.6 Å². The maximum absolute atomic E-state index is 12.6. The van der Waals surface area contributed by atoms with Crippen molar-refractivity contribution in [2.45, 2.75) is 11.8 Å². The van der Waals surface area contributed by atoms with Crippen molar-refractivity contribution in [3.8, 4) is 5.82 Å². The quantitative estimate of drug-likeness (QED) is 0.725. The van der Waals surface area contributed by atoms with Crippen molar-refractivity contribution < 1.29 is 13.2 Å². The van der Waals surface area contributed by atoms with Crippen LogP contribution in [0.4, 0.5) is 5.69 Å². The standard InChI is InChI=1S/C18H19N5O3S/c1-13-16(12-20-23(13)17-6-4-5-11-19-17)18(24)21-14-7-9-15(10-8-14)27(25,26)22(2)3/h4-12H,1-3H3,(H,21,24). The van der Waals surface area contributed by atoms with E-state index in [1.165, 1.54) is 32.4 Å². The van der Waals surface area contributed by atoms with Gasteiger partial charge in [0.1, 0.15) is 0 Å². The predicted octanol–water partition coefficient (Wildman–Crippen LogP) is 2.08. The third-order valence-corrected chi connectivity index (χ3v) is 5.84. The summed E-state index contributed by atoms with van der Waals surface area (Å²) in [6.07, 6.45) is 3.13. The molecule has 0 bridgehead atoms. The smallest absolute Gasteiger partial charge is 0.259 e. The Hall–Kier alpha value is -3.04. The molecule has 0 aliphatic heterocycles. The van der Waals surface area contributed by atoms with E-state index in [1.807, 2.05) is 6.07 Å². The van der Waals surface area contributed by atoms with E-state index < -0.39 is 10.0 Å². The van der Waals surface area contributed by atoms with Crippen molar-refractivity contribution in [1.29, 1.82) is 0 Å². The average Bonchev–Trinajstić information content (AvgIpc) is 3.04. The third-order valence-electron chi connectivity index (χ3n) is 4.01. The van der Waals surface area contributed by atoms with Crippen LogP contribution in [0.15, 0.2) is 59.8 Å². The molecule has 1 aromatic carbocycles. The predicted molar refractivity (Wildman–Crippen MR) is 101 cm³/mol. The Morgan fingerprint density at radius 3 is 2.41 bits per heavy atom. The Balaban J connectivity index is 1.80. The minimum absolute atomic E-state index is 0.157. The molecule has 8 nitrogen and oxygen atoms in total. The Labute approximate surface area is 157 Å². The number of anilines is 1. The highest BCUT2D eigenvalue weighted by Crippen LogP contribution is 2.18. The minimum atomic E-state index is -3.51. The summed E-state index contributed by atoms with van der Waals surface area (Å²) < 4.78 is 26.9. The van der Waals surface area contributed by atoms with Crippen LogP contribution in [0.3, 0.4) is 0 Å². The Kier molecular flexibility index (Phi) is 5.06. The number of nitrogens with one attached hydrogen (secondary N) is 1. The lowest BCUT2D eigenvalue weighted by atomic mass is 10.2. The van der Waals surface area contributed by atoms with Crippen LogP contribution in [0, 0.1) is 6.92 Å². The number of sulfonamides is 1. The molecule has 3 rings (SSSR count). The molecule has 0 saturated carbocycles. The Morgan fingerprint density at radius 1 is 1.11 bits per heavy atom. The van der Waals surface area contributed by atoms with Crippen LogP contribution in [0.25, 0.3) is 5.82 Å². The number of aromatic nitrogens is 3. The zero-order chi connectivity index (χ0) is 19.6. The summed E-state index contributed by atoms with van der Waals surface area (Å²) in [5, 5.41) is 6.97. The van der Waals surface area contributed by atoms with Crippen LogP contribution in [-0.4, -0.2) is 47.5 Å². The molecule has 0 spiro atoms. The summed E-state index contributed by atoms with van der Waals surface area (Å²) in [6, 6.07) is 11.4. The fraction of sp³-hybridized carbons (Fsp3) is 0.167. The molecular weight excluding hydrogens is 366 g/mol. The van der Waals surface area contributed by atoms with Crippen molar-refractivity contribution in [2.24, 2.45) is 0 Å². The molecule has 2 heterocycles. The lowest BCUT2D eigenvalue weighted by Crippen LogP contribution is -2.22. The van der Waals surface area contributed by atoms with Gasteiger partial charge in [0.25, 0.3) is 5.91 Å². The van der Waals surface area contributed by atoms with Gasteiger partial charge in [0.05, 0.1) is 22.3 Å². The van der Waals surface area contributed by atoms with Crippen molar-refractivity contribution in [3.05, 3.63) is 66.1 Å². The second-order valence-corrected chi connectivity index (χ2v) is 8.16.